The summed E-state index contributed by atoms with van der Waals surface area (Å²) in [6.45, 7) is 1.78. The number of methoxy groups -OCH3 is 1. The summed E-state index contributed by atoms with van der Waals surface area (Å²) >= 11 is 8.02. The lowest BCUT2D eigenvalue weighted by molar-refractivity contribution is 0.0921. The molecule has 1 aromatic carbocycles. The maximum atomic E-state index is 11.8. The Labute approximate surface area is 118 Å². The van der Waals surface area contributed by atoms with Crippen molar-refractivity contribution < 1.29 is 14.6 Å². The van der Waals surface area contributed by atoms with Gasteiger partial charge in [-0.15, -0.1) is 0 Å². The summed E-state index contributed by atoms with van der Waals surface area (Å²) in [4.78, 5) is 11.8. The van der Waals surface area contributed by atoms with Gasteiger partial charge in [0.1, 0.15) is 5.75 Å². The molecule has 0 aliphatic rings. The molecule has 2 N–H and O–H groups in total. The zero-order valence-electron chi connectivity index (χ0n) is 9.46. The number of hydrogen-bond acceptors (Lipinski definition) is 3. The number of hydrogen-bond donors (Lipinski definition) is 2. The predicted octanol–water partition coefficient (Wildman–Crippen LogP) is 2.06. The average molecular weight is 370 g/mol. The fourth-order valence-corrected chi connectivity index (χ4v) is 1.81. The number of ether oxygens (including phenoxy) is 1. The molecule has 0 aliphatic carbocycles. The van der Waals surface area contributed by atoms with Gasteiger partial charge < -0.3 is 15.2 Å². The summed E-state index contributed by atoms with van der Waals surface area (Å²) in [6, 6.07) is 3.25. The molecule has 0 saturated heterocycles. The molecule has 1 atom stereocenters. The van der Waals surface area contributed by atoms with E-state index in [4.69, 9.17) is 21.4 Å². The van der Waals surface area contributed by atoms with E-state index >= 15 is 0 Å². The minimum absolute atomic E-state index is 0.186. The number of halogens is 2. The van der Waals surface area contributed by atoms with Gasteiger partial charge >= 0.3 is 0 Å². The normalized spacial score (nSPS) is 12.1. The Hall–Kier alpha value is -0.530. The lowest BCUT2D eigenvalue weighted by Crippen LogP contribution is -2.30. The van der Waals surface area contributed by atoms with Crippen LogP contribution in [0.25, 0.3) is 0 Å². The summed E-state index contributed by atoms with van der Waals surface area (Å²) in [5, 5.41) is 12.2. The Morgan fingerprint density at radius 1 is 1.65 bits per heavy atom. The van der Waals surface area contributed by atoms with Crippen LogP contribution in [-0.2, 0) is 0 Å². The van der Waals surface area contributed by atoms with Crippen molar-refractivity contribution in [2.24, 2.45) is 0 Å². The molecule has 0 fully saturated rings. The molecule has 6 heteroatoms. The highest BCUT2D eigenvalue weighted by atomic mass is 127. The second-order valence-electron chi connectivity index (χ2n) is 3.53. The van der Waals surface area contributed by atoms with Crippen molar-refractivity contribution in [1.82, 2.24) is 5.32 Å². The average Bonchev–Trinajstić information content (AvgIpc) is 2.28. The van der Waals surface area contributed by atoms with E-state index in [2.05, 4.69) is 27.9 Å². The SMILES string of the molecule is COc1cc(I)c(Cl)cc1C(=O)NC[C@H](C)O. The number of carbonyl (C=O) groups excluding carboxylic acids is 1. The molecule has 0 aliphatic heterocycles. The van der Waals surface area contributed by atoms with Crippen LogP contribution >= 0.6 is 34.2 Å². The van der Waals surface area contributed by atoms with Gasteiger partial charge in [-0.25, -0.2) is 0 Å². The van der Waals surface area contributed by atoms with Crippen LogP contribution in [-0.4, -0.2) is 30.8 Å². The van der Waals surface area contributed by atoms with E-state index in [0.29, 0.717) is 16.3 Å². The third-order valence-corrected chi connectivity index (χ3v) is 3.57. The molecule has 1 rings (SSSR count). The first-order chi connectivity index (χ1) is 7.95. The number of carbonyl (C=O) groups is 1. The fourth-order valence-electron chi connectivity index (χ4n) is 1.21. The van der Waals surface area contributed by atoms with E-state index < -0.39 is 6.10 Å². The molecule has 0 radical (unpaired) electrons. The number of benzene rings is 1. The second kappa shape index (κ2) is 6.42. The number of aliphatic hydroxyl groups excluding tert-OH is 1. The minimum Gasteiger partial charge on any atom is -0.496 e. The van der Waals surface area contributed by atoms with Crippen LogP contribution < -0.4 is 10.1 Å². The molecule has 0 aromatic heterocycles. The maximum Gasteiger partial charge on any atom is 0.255 e. The first-order valence-corrected chi connectivity index (χ1v) is 6.40. The van der Waals surface area contributed by atoms with Crippen LogP contribution in [0, 0.1) is 3.57 Å². The largest absolute Gasteiger partial charge is 0.496 e. The van der Waals surface area contributed by atoms with Gasteiger partial charge in [-0.3, -0.25) is 4.79 Å². The summed E-state index contributed by atoms with van der Waals surface area (Å²) in [6.07, 6.45) is -0.593. The molecule has 1 aromatic rings. The standard InChI is InChI=1S/C11H13ClINO3/c1-6(15)5-14-11(16)7-3-8(12)9(13)4-10(7)17-2/h3-4,6,15H,5H2,1-2H3,(H,14,16)/t6-/m0/s1. The molecule has 0 heterocycles. The van der Waals surface area contributed by atoms with Gasteiger partial charge in [0.15, 0.2) is 0 Å². The van der Waals surface area contributed by atoms with Gasteiger partial charge in [0.2, 0.25) is 0 Å². The Bertz CT molecular complexity index is 423. The van der Waals surface area contributed by atoms with Crippen molar-refractivity contribution in [2.45, 2.75) is 13.0 Å². The zero-order valence-corrected chi connectivity index (χ0v) is 12.4. The smallest absolute Gasteiger partial charge is 0.255 e. The molecular weight excluding hydrogens is 356 g/mol. The molecule has 0 saturated carbocycles. The van der Waals surface area contributed by atoms with Crippen molar-refractivity contribution in [3.63, 3.8) is 0 Å². The molecule has 17 heavy (non-hydrogen) atoms. The van der Waals surface area contributed by atoms with E-state index in [1.54, 1.807) is 19.1 Å². The van der Waals surface area contributed by atoms with Gasteiger partial charge in [-0.1, -0.05) is 11.6 Å². The highest BCUT2D eigenvalue weighted by Gasteiger charge is 2.15. The van der Waals surface area contributed by atoms with Crippen LogP contribution in [0.4, 0.5) is 0 Å². The van der Waals surface area contributed by atoms with Crippen molar-refractivity contribution >= 4 is 40.1 Å². The number of rotatable bonds is 4. The summed E-state index contributed by atoms with van der Waals surface area (Å²) in [5.74, 6) is 0.142. The third kappa shape index (κ3) is 4.01. The fraction of sp³-hybridized carbons (Fsp3) is 0.364. The lowest BCUT2D eigenvalue weighted by Gasteiger charge is -2.11. The molecule has 0 bridgehead atoms. The number of amides is 1. The van der Waals surface area contributed by atoms with Crippen LogP contribution in [0.2, 0.25) is 5.02 Å². The van der Waals surface area contributed by atoms with Gasteiger partial charge in [0, 0.05) is 10.1 Å². The summed E-state index contributed by atoms with van der Waals surface area (Å²) < 4.78 is 5.94. The van der Waals surface area contributed by atoms with Crippen molar-refractivity contribution in [3.8, 4) is 5.75 Å². The first-order valence-electron chi connectivity index (χ1n) is 4.95. The highest BCUT2D eigenvalue weighted by molar-refractivity contribution is 14.1. The quantitative estimate of drug-likeness (QED) is 0.799. The highest BCUT2D eigenvalue weighted by Crippen LogP contribution is 2.28. The van der Waals surface area contributed by atoms with Gasteiger partial charge in [-0.2, -0.15) is 0 Å². The first kappa shape index (κ1) is 14.5. The third-order valence-electron chi connectivity index (χ3n) is 2.05. The Kier molecular flexibility index (Phi) is 5.48. The van der Waals surface area contributed by atoms with Crippen LogP contribution in [0.5, 0.6) is 5.75 Å². The lowest BCUT2D eigenvalue weighted by atomic mass is 10.2. The van der Waals surface area contributed by atoms with E-state index in [9.17, 15) is 4.79 Å². The summed E-state index contributed by atoms with van der Waals surface area (Å²) in [7, 11) is 1.49. The molecule has 0 spiro atoms. The predicted molar refractivity (Wildman–Crippen MR) is 74.7 cm³/mol. The van der Waals surface area contributed by atoms with E-state index in [0.717, 1.165) is 3.57 Å². The molecule has 0 unspecified atom stereocenters. The topological polar surface area (TPSA) is 58.6 Å². The van der Waals surface area contributed by atoms with Gasteiger partial charge in [-0.05, 0) is 41.6 Å². The Morgan fingerprint density at radius 2 is 2.29 bits per heavy atom. The summed E-state index contributed by atoms with van der Waals surface area (Å²) in [5.41, 5.74) is 0.360. The van der Waals surface area contributed by atoms with Crippen LogP contribution in [0.1, 0.15) is 17.3 Å². The second-order valence-corrected chi connectivity index (χ2v) is 5.10. The Morgan fingerprint density at radius 3 is 2.82 bits per heavy atom. The number of aliphatic hydroxyl groups is 1. The zero-order chi connectivity index (χ0) is 13.0. The van der Waals surface area contributed by atoms with Gasteiger partial charge in [0.25, 0.3) is 5.91 Å². The van der Waals surface area contributed by atoms with Crippen LogP contribution in [0.15, 0.2) is 12.1 Å². The van der Waals surface area contributed by atoms with Crippen LogP contribution in [0.3, 0.4) is 0 Å². The monoisotopic (exact) mass is 369 g/mol. The van der Waals surface area contributed by atoms with Gasteiger partial charge in [0.05, 0.1) is 23.8 Å². The van der Waals surface area contributed by atoms with E-state index in [1.165, 1.54) is 7.11 Å². The molecule has 1 amide bonds. The van der Waals surface area contributed by atoms with Crippen molar-refractivity contribution in [2.75, 3.05) is 13.7 Å². The maximum absolute atomic E-state index is 11.8. The minimum atomic E-state index is -0.593. The Balaban J connectivity index is 2.96. The van der Waals surface area contributed by atoms with Crippen molar-refractivity contribution in [1.29, 1.82) is 0 Å². The van der Waals surface area contributed by atoms with E-state index in [1.807, 2.05) is 0 Å². The molecule has 4 nitrogen and oxygen atoms in total. The molecule has 94 valence electrons. The van der Waals surface area contributed by atoms with Crippen molar-refractivity contribution in [3.05, 3.63) is 26.3 Å². The van der Waals surface area contributed by atoms with E-state index in [-0.39, 0.29) is 12.5 Å². The number of nitrogens with one attached hydrogen (secondary N) is 1. The molecular formula is C11H13ClINO3.